The van der Waals surface area contributed by atoms with Gasteiger partial charge in [-0.2, -0.15) is 0 Å². The minimum absolute atomic E-state index is 0.0276. The Morgan fingerprint density at radius 2 is 2.08 bits per heavy atom. The lowest BCUT2D eigenvalue weighted by Crippen LogP contribution is -2.38. The van der Waals surface area contributed by atoms with Crippen molar-refractivity contribution < 1.29 is 14.7 Å². The van der Waals surface area contributed by atoms with Crippen LogP contribution in [0, 0.1) is 5.92 Å². The highest BCUT2D eigenvalue weighted by Crippen LogP contribution is 2.24. The maximum atomic E-state index is 11.1. The van der Waals surface area contributed by atoms with Gasteiger partial charge in [-0.3, -0.25) is 4.79 Å². The molecule has 1 amide bonds. The zero-order chi connectivity index (χ0) is 9.84. The zero-order valence-corrected chi connectivity index (χ0v) is 7.75. The average molecular weight is 185 g/mol. The summed E-state index contributed by atoms with van der Waals surface area (Å²) in [5.41, 5.74) is 0. The molecule has 74 valence electrons. The van der Waals surface area contributed by atoms with E-state index in [4.69, 9.17) is 5.11 Å². The van der Waals surface area contributed by atoms with E-state index in [1.165, 1.54) is 0 Å². The van der Waals surface area contributed by atoms with Gasteiger partial charge in [0, 0.05) is 12.0 Å². The van der Waals surface area contributed by atoms with Crippen LogP contribution in [0.15, 0.2) is 0 Å². The molecule has 0 unspecified atom stereocenters. The molecule has 0 aliphatic heterocycles. The number of rotatable bonds is 2. The van der Waals surface area contributed by atoms with Crippen molar-refractivity contribution in [2.24, 2.45) is 5.92 Å². The summed E-state index contributed by atoms with van der Waals surface area (Å²) >= 11 is 0. The summed E-state index contributed by atoms with van der Waals surface area (Å²) in [4.78, 5) is 21.4. The van der Waals surface area contributed by atoms with E-state index < -0.39 is 6.09 Å². The molecule has 1 rings (SSSR count). The Morgan fingerprint density at radius 1 is 1.38 bits per heavy atom. The molecule has 0 bridgehead atoms. The fourth-order valence-electron chi connectivity index (χ4n) is 1.86. The zero-order valence-electron chi connectivity index (χ0n) is 7.75. The molecule has 1 aliphatic carbocycles. The molecule has 0 aromatic heterocycles. The van der Waals surface area contributed by atoms with Crippen molar-refractivity contribution in [1.29, 1.82) is 0 Å². The number of nitrogens with one attached hydrogen (secondary N) is 1. The molecule has 0 aromatic carbocycles. The summed E-state index contributed by atoms with van der Waals surface area (Å²) in [5.74, 6) is 0.238. The van der Waals surface area contributed by atoms with Crippen molar-refractivity contribution in [3.05, 3.63) is 0 Å². The van der Waals surface area contributed by atoms with Gasteiger partial charge in [0.15, 0.2) is 0 Å². The van der Waals surface area contributed by atoms with E-state index >= 15 is 0 Å². The van der Waals surface area contributed by atoms with Crippen LogP contribution in [0.1, 0.15) is 32.6 Å². The number of carbonyl (C=O) groups is 2. The quantitative estimate of drug-likeness (QED) is 0.683. The van der Waals surface area contributed by atoms with Gasteiger partial charge in [0.1, 0.15) is 5.78 Å². The van der Waals surface area contributed by atoms with Crippen molar-refractivity contribution in [1.82, 2.24) is 5.32 Å². The third kappa shape index (κ3) is 3.05. The number of hydrogen-bond donors (Lipinski definition) is 2. The van der Waals surface area contributed by atoms with E-state index in [-0.39, 0.29) is 17.7 Å². The second kappa shape index (κ2) is 4.25. The predicted octanol–water partition coefficient (Wildman–Crippen LogP) is 1.40. The minimum Gasteiger partial charge on any atom is -0.465 e. The third-order valence-electron chi connectivity index (χ3n) is 2.58. The van der Waals surface area contributed by atoms with Crippen molar-refractivity contribution in [3.63, 3.8) is 0 Å². The summed E-state index contributed by atoms with van der Waals surface area (Å²) in [6, 6.07) is -0.0276. The van der Waals surface area contributed by atoms with Gasteiger partial charge < -0.3 is 10.4 Å². The topological polar surface area (TPSA) is 66.4 Å². The molecule has 1 fully saturated rings. The number of amides is 1. The summed E-state index contributed by atoms with van der Waals surface area (Å²) in [5, 5.41) is 10.9. The van der Waals surface area contributed by atoms with Crippen LogP contribution in [0.25, 0.3) is 0 Å². The Kier molecular flexibility index (Phi) is 3.28. The SMILES string of the molecule is CC(=O)[C@@H]1CCC[C@H](NC(=O)O)C1. The molecule has 2 N–H and O–H groups in total. The number of hydrogen-bond acceptors (Lipinski definition) is 2. The molecule has 4 heteroatoms. The fraction of sp³-hybridized carbons (Fsp3) is 0.778. The smallest absolute Gasteiger partial charge is 0.404 e. The Labute approximate surface area is 77.3 Å². The van der Waals surface area contributed by atoms with Crippen LogP contribution in [-0.4, -0.2) is 23.0 Å². The van der Waals surface area contributed by atoms with Gasteiger partial charge in [-0.05, 0) is 26.2 Å². The average Bonchev–Trinajstić information content (AvgIpc) is 2.03. The van der Waals surface area contributed by atoms with Crippen LogP contribution < -0.4 is 5.32 Å². The molecule has 2 atom stereocenters. The third-order valence-corrected chi connectivity index (χ3v) is 2.58. The largest absolute Gasteiger partial charge is 0.465 e. The Bertz CT molecular complexity index is 215. The summed E-state index contributed by atoms with van der Waals surface area (Å²) in [7, 11) is 0. The number of Topliss-reactive ketones (excluding diaryl/α,β-unsaturated/α-hetero) is 1. The fourth-order valence-corrected chi connectivity index (χ4v) is 1.86. The Balaban J connectivity index is 2.41. The Morgan fingerprint density at radius 3 is 2.62 bits per heavy atom. The molecule has 0 heterocycles. The van der Waals surface area contributed by atoms with E-state index in [0.717, 1.165) is 19.3 Å². The highest BCUT2D eigenvalue weighted by Gasteiger charge is 2.25. The first-order chi connectivity index (χ1) is 6.09. The molecular formula is C9H15NO3. The molecule has 1 aliphatic rings. The monoisotopic (exact) mass is 185 g/mol. The normalized spacial score (nSPS) is 28.1. The lowest BCUT2D eigenvalue weighted by molar-refractivity contribution is -0.121. The van der Waals surface area contributed by atoms with E-state index in [1.54, 1.807) is 6.92 Å². The standard InChI is InChI=1S/C9H15NO3/c1-6(11)7-3-2-4-8(5-7)10-9(12)13/h7-8,10H,2-5H2,1H3,(H,12,13)/t7-,8+/m1/s1. The summed E-state index contributed by atoms with van der Waals surface area (Å²) in [6.07, 6.45) is 2.38. The molecule has 0 saturated heterocycles. The number of ketones is 1. The van der Waals surface area contributed by atoms with E-state index in [2.05, 4.69) is 5.32 Å². The Hall–Kier alpha value is -1.06. The molecule has 4 nitrogen and oxygen atoms in total. The van der Waals surface area contributed by atoms with Crippen molar-refractivity contribution in [3.8, 4) is 0 Å². The molecule has 1 saturated carbocycles. The van der Waals surface area contributed by atoms with E-state index in [1.807, 2.05) is 0 Å². The van der Waals surface area contributed by atoms with Gasteiger partial charge in [-0.25, -0.2) is 4.79 Å². The maximum Gasteiger partial charge on any atom is 0.404 e. The van der Waals surface area contributed by atoms with Crippen molar-refractivity contribution in [2.45, 2.75) is 38.6 Å². The van der Waals surface area contributed by atoms with E-state index in [0.29, 0.717) is 6.42 Å². The van der Waals surface area contributed by atoms with Gasteiger partial charge in [0.25, 0.3) is 0 Å². The first kappa shape index (κ1) is 10.0. The molecule has 0 spiro atoms. The summed E-state index contributed by atoms with van der Waals surface area (Å²) in [6.45, 7) is 1.58. The van der Waals surface area contributed by atoms with Gasteiger partial charge in [0.2, 0.25) is 0 Å². The van der Waals surface area contributed by atoms with Crippen molar-refractivity contribution in [2.75, 3.05) is 0 Å². The second-order valence-corrected chi connectivity index (χ2v) is 3.62. The first-order valence-electron chi connectivity index (χ1n) is 4.59. The van der Waals surface area contributed by atoms with Crippen LogP contribution in [0.5, 0.6) is 0 Å². The second-order valence-electron chi connectivity index (χ2n) is 3.62. The van der Waals surface area contributed by atoms with Crippen molar-refractivity contribution >= 4 is 11.9 Å². The molecular weight excluding hydrogens is 170 g/mol. The maximum absolute atomic E-state index is 11.1. The van der Waals surface area contributed by atoms with Crippen LogP contribution in [0.2, 0.25) is 0 Å². The minimum atomic E-state index is -0.991. The highest BCUT2D eigenvalue weighted by molar-refractivity contribution is 5.78. The molecule has 0 aromatic rings. The first-order valence-corrected chi connectivity index (χ1v) is 4.59. The number of carbonyl (C=O) groups excluding carboxylic acids is 1. The number of carboxylic acid groups (broad SMARTS) is 1. The lowest BCUT2D eigenvalue weighted by Gasteiger charge is -2.27. The molecule has 0 radical (unpaired) electrons. The van der Waals surface area contributed by atoms with Gasteiger partial charge in [-0.15, -0.1) is 0 Å². The predicted molar refractivity (Wildman–Crippen MR) is 47.6 cm³/mol. The van der Waals surface area contributed by atoms with Crippen LogP contribution in [0.4, 0.5) is 4.79 Å². The molecule has 13 heavy (non-hydrogen) atoms. The van der Waals surface area contributed by atoms with Gasteiger partial charge in [-0.1, -0.05) is 6.42 Å². The van der Waals surface area contributed by atoms with E-state index in [9.17, 15) is 9.59 Å². The van der Waals surface area contributed by atoms with Gasteiger partial charge in [0.05, 0.1) is 0 Å². The van der Waals surface area contributed by atoms with Crippen LogP contribution in [-0.2, 0) is 4.79 Å². The van der Waals surface area contributed by atoms with Crippen LogP contribution in [0.3, 0.4) is 0 Å². The van der Waals surface area contributed by atoms with Crippen LogP contribution >= 0.6 is 0 Å². The summed E-state index contributed by atoms with van der Waals surface area (Å²) < 4.78 is 0. The highest BCUT2D eigenvalue weighted by atomic mass is 16.4. The van der Waals surface area contributed by atoms with Gasteiger partial charge >= 0.3 is 6.09 Å². The lowest BCUT2D eigenvalue weighted by atomic mass is 9.83.